The number of hydrogen-bond donors (Lipinski definition) is 2. The molecule has 0 aromatic heterocycles. The number of benzene rings is 2. The topological polar surface area (TPSA) is 58.2 Å². The number of hydrogen-bond acceptors (Lipinski definition) is 4. The first kappa shape index (κ1) is 20.3. The lowest BCUT2D eigenvalue weighted by molar-refractivity contribution is 0.0975. The van der Waals surface area contributed by atoms with Gasteiger partial charge in [-0.25, -0.2) is 0 Å². The highest BCUT2D eigenvalue weighted by Crippen LogP contribution is 2.40. The van der Waals surface area contributed by atoms with Crippen LogP contribution in [0.2, 0.25) is 0 Å². The number of allylic oxidation sites excluding steroid dienone is 8. The van der Waals surface area contributed by atoms with E-state index in [0.717, 1.165) is 36.2 Å². The number of rotatable bonds is 4. The van der Waals surface area contributed by atoms with Crippen LogP contribution < -0.4 is 10.6 Å². The molecule has 0 atom stereocenters. The van der Waals surface area contributed by atoms with E-state index in [0.29, 0.717) is 40.1 Å². The normalized spacial score (nSPS) is 17.4. The molecule has 160 valence electrons. The molecule has 2 N–H and O–H groups in total. The van der Waals surface area contributed by atoms with Crippen molar-refractivity contribution in [2.75, 3.05) is 10.6 Å². The lowest BCUT2D eigenvalue weighted by Gasteiger charge is -2.27. The van der Waals surface area contributed by atoms with Crippen LogP contribution in [0, 0.1) is 6.92 Å². The summed E-state index contributed by atoms with van der Waals surface area (Å²) in [4.78, 5) is 27.2. The summed E-state index contributed by atoms with van der Waals surface area (Å²) >= 11 is 0. The van der Waals surface area contributed by atoms with Crippen molar-refractivity contribution in [2.24, 2.45) is 0 Å². The first-order valence-electron chi connectivity index (χ1n) is 11.1. The third kappa shape index (κ3) is 3.62. The Balaban J connectivity index is 1.62. The van der Waals surface area contributed by atoms with Gasteiger partial charge >= 0.3 is 0 Å². The van der Waals surface area contributed by atoms with Gasteiger partial charge in [-0.2, -0.15) is 0 Å². The van der Waals surface area contributed by atoms with Gasteiger partial charge in [0, 0.05) is 22.5 Å². The number of carbonyl (C=O) groups excluding carboxylic acids is 2. The fourth-order valence-corrected chi connectivity index (χ4v) is 4.49. The van der Waals surface area contributed by atoms with Gasteiger partial charge in [0.25, 0.3) is 0 Å². The van der Waals surface area contributed by atoms with Gasteiger partial charge in [-0.15, -0.1) is 0 Å². The molecule has 0 heterocycles. The first-order valence-corrected chi connectivity index (χ1v) is 11.1. The van der Waals surface area contributed by atoms with Gasteiger partial charge in [0.05, 0.1) is 22.5 Å². The Labute approximate surface area is 188 Å². The Morgan fingerprint density at radius 3 is 2.19 bits per heavy atom. The SMILES string of the molecule is CC1=CC=C(Nc2ccc(Nc3ccc(C)cc3)c3c2C(=O)C2=C(C=CCC2)C3=O)CC1. The van der Waals surface area contributed by atoms with Crippen LogP contribution in [0.15, 0.2) is 83.1 Å². The summed E-state index contributed by atoms with van der Waals surface area (Å²) < 4.78 is 0. The molecule has 2 aromatic carbocycles. The standard InChI is InChI=1S/C28H26N2O2/c1-17-7-11-19(12-8-17)29-23-15-16-24(30-20-13-9-18(2)10-14-20)26-25(23)27(31)21-5-3-4-6-22(21)28(26)32/h3,5,7-9,11-13,15-16,29-30H,4,6,10,14H2,1-2H3. The molecule has 4 heteroatoms. The summed E-state index contributed by atoms with van der Waals surface area (Å²) in [6, 6.07) is 11.8. The number of anilines is 3. The lowest BCUT2D eigenvalue weighted by atomic mass is 9.78. The van der Waals surface area contributed by atoms with E-state index in [1.807, 2.05) is 55.5 Å². The number of Topliss-reactive ketones (excluding diaryl/α,β-unsaturated/α-hetero) is 2. The lowest BCUT2D eigenvalue weighted by Crippen LogP contribution is -2.25. The third-order valence-electron chi connectivity index (χ3n) is 6.33. The minimum atomic E-state index is -0.0859. The first-order chi connectivity index (χ1) is 15.5. The zero-order chi connectivity index (χ0) is 22.2. The molecule has 4 nitrogen and oxygen atoms in total. The third-order valence-corrected chi connectivity index (χ3v) is 6.33. The van der Waals surface area contributed by atoms with Gasteiger partial charge in [-0.3, -0.25) is 9.59 Å². The fourth-order valence-electron chi connectivity index (χ4n) is 4.49. The molecule has 2 aromatic rings. The highest BCUT2D eigenvalue weighted by molar-refractivity contribution is 6.31. The summed E-state index contributed by atoms with van der Waals surface area (Å²) in [6.45, 7) is 4.15. The van der Waals surface area contributed by atoms with Gasteiger partial charge in [-0.05, 0) is 69.9 Å². The van der Waals surface area contributed by atoms with Crippen LogP contribution in [0.4, 0.5) is 17.1 Å². The van der Waals surface area contributed by atoms with E-state index in [-0.39, 0.29) is 11.6 Å². The van der Waals surface area contributed by atoms with Crippen LogP contribution in [0.5, 0.6) is 0 Å². The molecule has 32 heavy (non-hydrogen) atoms. The van der Waals surface area contributed by atoms with E-state index in [9.17, 15) is 9.59 Å². The molecular weight excluding hydrogens is 396 g/mol. The summed E-state index contributed by atoms with van der Waals surface area (Å²) in [5.74, 6) is -0.130. The molecule has 3 aliphatic carbocycles. The van der Waals surface area contributed by atoms with E-state index < -0.39 is 0 Å². The molecule has 0 unspecified atom stereocenters. The van der Waals surface area contributed by atoms with Crippen molar-refractivity contribution in [3.8, 4) is 0 Å². The van der Waals surface area contributed by atoms with Gasteiger partial charge in [-0.1, -0.05) is 41.5 Å². The highest BCUT2D eigenvalue weighted by Gasteiger charge is 2.35. The predicted molar refractivity (Wildman–Crippen MR) is 130 cm³/mol. The maximum Gasteiger partial charge on any atom is 0.196 e. The summed E-state index contributed by atoms with van der Waals surface area (Å²) in [5.41, 5.74) is 7.90. The highest BCUT2D eigenvalue weighted by atomic mass is 16.1. The molecule has 3 aliphatic rings. The number of aryl methyl sites for hydroxylation is 1. The Hall–Kier alpha value is -3.66. The molecule has 5 rings (SSSR count). The van der Waals surface area contributed by atoms with Gasteiger partial charge < -0.3 is 10.6 Å². The molecule has 0 fully saturated rings. The fraction of sp³-hybridized carbons (Fsp3) is 0.214. The van der Waals surface area contributed by atoms with Crippen molar-refractivity contribution in [1.82, 2.24) is 0 Å². The second kappa shape index (κ2) is 8.12. The van der Waals surface area contributed by atoms with Crippen LogP contribution in [0.1, 0.15) is 58.9 Å². The van der Waals surface area contributed by atoms with E-state index in [1.54, 1.807) is 0 Å². The van der Waals surface area contributed by atoms with Crippen molar-refractivity contribution in [2.45, 2.75) is 39.5 Å². The number of fused-ring (bicyclic) bond motifs is 1. The van der Waals surface area contributed by atoms with E-state index >= 15 is 0 Å². The van der Waals surface area contributed by atoms with Crippen molar-refractivity contribution >= 4 is 28.6 Å². The van der Waals surface area contributed by atoms with E-state index in [1.165, 1.54) is 5.57 Å². The Morgan fingerprint density at radius 2 is 1.47 bits per heavy atom. The number of nitrogens with one attached hydrogen (secondary N) is 2. The summed E-state index contributed by atoms with van der Waals surface area (Å²) in [6.07, 6.45) is 11.2. The van der Waals surface area contributed by atoms with Crippen LogP contribution in [-0.2, 0) is 0 Å². The summed E-state index contributed by atoms with van der Waals surface area (Å²) in [7, 11) is 0. The average Bonchev–Trinajstić information content (AvgIpc) is 2.81. The maximum atomic E-state index is 13.6. The Bertz CT molecular complexity index is 1260. The quantitative estimate of drug-likeness (QED) is 0.569. The maximum absolute atomic E-state index is 13.6. The van der Waals surface area contributed by atoms with Crippen LogP contribution >= 0.6 is 0 Å². The monoisotopic (exact) mass is 422 g/mol. The van der Waals surface area contributed by atoms with Gasteiger partial charge in [0.15, 0.2) is 11.6 Å². The van der Waals surface area contributed by atoms with Crippen LogP contribution in [0.25, 0.3) is 0 Å². The van der Waals surface area contributed by atoms with Gasteiger partial charge in [0.1, 0.15) is 0 Å². The molecule has 0 aliphatic heterocycles. The van der Waals surface area contributed by atoms with E-state index in [4.69, 9.17) is 0 Å². The molecule has 0 bridgehead atoms. The summed E-state index contributed by atoms with van der Waals surface area (Å²) in [5, 5.41) is 6.82. The molecule has 0 saturated carbocycles. The number of ketones is 2. The van der Waals surface area contributed by atoms with Crippen molar-refractivity contribution in [3.05, 3.63) is 99.8 Å². The molecule has 0 amide bonds. The second-order valence-corrected chi connectivity index (χ2v) is 8.72. The molecule has 0 spiro atoms. The Kier molecular flexibility index (Phi) is 5.14. The minimum absolute atomic E-state index is 0.0443. The zero-order valence-electron chi connectivity index (χ0n) is 18.4. The predicted octanol–water partition coefficient (Wildman–Crippen LogP) is 6.80. The van der Waals surface area contributed by atoms with Crippen molar-refractivity contribution in [1.29, 1.82) is 0 Å². The number of carbonyl (C=O) groups is 2. The Morgan fingerprint density at radius 1 is 0.750 bits per heavy atom. The average molecular weight is 423 g/mol. The van der Waals surface area contributed by atoms with E-state index in [2.05, 4.69) is 29.7 Å². The smallest absolute Gasteiger partial charge is 0.196 e. The zero-order valence-corrected chi connectivity index (χ0v) is 18.4. The van der Waals surface area contributed by atoms with Gasteiger partial charge in [0.2, 0.25) is 0 Å². The van der Waals surface area contributed by atoms with Crippen molar-refractivity contribution < 1.29 is 9.59 Å². The van der Waals surface area contributed by atoms with Crippen LogP contribution in [-0.4, -0.2) is 11.6 Å². The molecule has 0 radical (unpaired) electrons. The van der Waals surface area contributed by atoms with Crippen molar-refractivity contribution in [3.63, 3.8) is 0 Å². The molecular formula is C28H26N2O2. The molecule has 0 saturated heterocycles. The minimum Gasteiger partial charge on any atom is -0.358 e. The largest absolute Gasteiger partial charge is 0.358 e. The second-order valence-electron chi connectivity index (χ2n) is 8.72. The van der Waals surface area contributed by atoms with Crippen LogP contribution in [0.3, 0.4) is 0 Å².